The van der Waals surface area contributed by atoms with Crippen LogP contribution in [0.2, 0.25) is 0 Å². The van der Waals surface area contributed by atoms with Crippen molar-refractivity contribution in [3.8, 4) is 0 Å². The molecule has 4 amide bonds. The van der Waals surface area contributed by atoms with E-state index in [9.17, 15) is 18.8 Å². The molecule has 0 radical (unpaired) electrons. The van der Waals surface area contributed by atoms with Gasteiger partial charge in [0.1, 0.15) is 5.82 Å². The van der Waals surface area contributed by atoms with Crippen molar-refractivity contribution in [1.29, 1.82) is 0 Å². The molecule has 4 rings (SSSR count). The third-order valence-electron chi connectivity index (χ3n) is 5.67. The number of imide groups is 1. The van der Waals surface area contributed by atoms with Crippen LogP contribution in [0.4, 0.5) is 14.9 Å². The molecule has 2 saturated heterocycles. The minimum atomic E-state index is -0.502. The smallest absolute Gasteiger partial charge is 0.328 e. The van der Waals surface area contributed by atoms with E-state index < -0.39 is 6.03 Å². The lowest BCUT2D eigenvalue weighted by Gasteiger charge is -2.29. The van der Waals surface area contributed by atoms with E-state index in [1.165, 1.54) is 17.0 Å². The summed E-state index contributed by atoms with van der Waals surface area (Å²) in [6.07, 6.45) is 1.03. The first-order valence-electron chi connectivity index (χ1n) is 10.5. The Morgan fingerprint density at radius 1 is 0.935 bits per heavy atom. The third-order valence-corrected chi connectivity index (χ3v) is 5.67. The van der Waals surface area contributed by atoms with Crippen molar-refractivity contribution < 1.29 is 18.8 Å². The van der Waals surface area contributed by atoms with Crippen LogP contribution in [-0.2, 0) is 11.3 Å². The van der Waals surface area contributed by atoms with Crippen molar-refractivity contribution in [2.45, 2.75) is 19.4 Å². The normalized spacial score (nSPS) is 18.0. The Morgan fingerprint density at radius 2 is 1.71 bits per heavy atom. The van der Waals surface area contributed by atoms with E-state index in [0.29, 0.717) is 37.4 Å². The lowest BCUT2D eigenvalue weighted by atomic mass is 10.1. The first-order chi connectivity index (χ1) is 15.0. The number of hydrogen-bond acceptors (Lipinski definition) is 4. The number of carbonyl (C=O) groups is 3. The number of benzene rings is 2. The van der Waals surface area contributed by atoms with Crippen LogP contribution >= 0.6 is 0 Å². The summed E-state index contributed by atoms with van der Waals surface area (Å²) in [7, 11) is 0. The monoisotopic (exact) mass is 424 g/mol. The maximum Gasteiger partial charge on any atom is 0.328 e. The van der Waals surface area contributed by atoms with Gasteiger partial charge in [-0.15, -0.1) is 0 Å². The number of rotatable bonds is 4. The molecule has 2 fully saturated rings. The number of carbonyl (C=O) groups excluding carboxylic acids is 3. The number of hydrogen-bond donors (Lipinski definition) is 1. The van der Waals surface area contributed by atoms with E-state index in [1.807, 2.05) is 4.90 Å². The van der Waals surface area contributed by atoms with Gasteiger partial charge in [0.15, 0.2) is 0 Å². The quantitative estimate of drug-likeness (QED) is 0.819. The molecule has 2 aromatic rings. The van der Waals surface area contributed by atoms with Gasteiger partial charge in [-0.05, 0) is 36.2 Å². The van der Waals surface area contributed by atoms with E-state index in [0.717, 1.165) is 18.5 Å². The number of para-hydroxylation sites is 1. The fraction of sp³-hybridized carbons (Fsp3) is 0.348. The zero-order chi connectivity index (χ0) is 21.8. The lowest BCUT2D eigenvalue weighted by Crippen LogP contribution is -2.50. The van der Waals surface area contributed by atoms with Gasteiger partial charge < -0.3 is 4.90 Å². The summed E-state index contributed by atoms with van der Waals surface area (Å²) < 4.78 is 13.1. The molecular formula is C23H25FN4O3. The fourth-order valence-electron chi connectivity index (χ4n) is 4.03. The number of halogens is 1. The highest BCUT2D eigenvalue weighted by molar-refractivity contribution is 6.09. The molecule has 0 saturated carbocycles. The minimum absolute atomic E-state index is 0.121. The minimum Gasteiger partial charge on any atom is -0.337 e. The highest BCUT2D eigenvalue weighted by Gasteiger charge is 2.29. The maximum absolute atomic E-state index is 13.3. The van der Waals surface area contributed by atoms with E-state index >= 15 is 0 Å². The highest BCUT2D eigenvalue weighted by atomic mass is 19.1. The molecule has 1 N–H and O–H groups in total. The van der Waals surface area contributed by atoms with Gasteiger partial charge >= 0.3 is 6.03 Å². The Hall–Kier alpha value is -3.26. The van der Waals surface area contributed by atoms with Gasteiger partial charge in [-0.2, -0.15) is 0 Å². The Labute approximate surface area is 180 Å². The van der Waals surface area contributed by atoms with Crippen LogP contribution in [0, 0.1) is 5.82 Å². The number of urea groups is 1. The molecule has 0 bridgehead atoms. The Bertz CT molecular complexity index is 979. The number of anilines is 1. The average Bonchev–Trinajstić information content (AvgIpc) is 3.01. The summed E-state index contributed by atoms with van der Waals surface area (Å²) in [5.41, 5.74) is 2.01. The molecule has 0 aliphatic carbocycles. The molecular weight excluding hydrogens is 399 g/mol. The van der Waals surface area contributed by atoms with Gasteiger partial charge in [0.05, 0.1) is 11.3 Å². The van der Waals surface area contributed by atoms with Crippen LogP contribution in [0.15, 0.2) is 48.5 Å². The predicted octanol–water partition coefficient (Wildman–Crippen LogP) is 2.62. The Balaban J connectivity index is 1.45. The summed E-state index contributed by atoms with van der Waals surface area (Å²) in [4.78, 5) is 42.6. The highest BCUT2D eigenvalue weighted by Crippen LogP contribution is 2.24. The summed E-state index contributed by atoms with van der Waals surface area (Å²) >= 11 is 0. The molecule has 0 atom stereocenters. The number of nitrogens with one attached hydrogen (secondary N) is 1. The van der Waals surface area contributed by atoms with Crippen LogP contribution in [0.1, 0.15) is 28.8 Å². The molecule has 31 heavy (non-hydrogen) atoms. The van der Waals surface area contributed by atoms with Crippen LogP contribution in [0.25, 0.3) is 0 Å². The lowest BCUT2D eigenvalue weighted by molar-refractivity contribution is -0.120. The Kier molecular flexibility index (Phi) is 6.27. The van der Waals surface area contributed by atoms with Crippen LogP contribution in [-0.4, -0.2) is 60.4 Å². The van der Waals surface area contributed by atoms with E-state index in [2.05, 4.69) is 10.2 Å². The van der Waals surface area contributed by atoms with Gasteiger partial charge in [-0.3, -0.25) is 24.7 Å². The predicted molar refractivity (Wildman–Crippen MR) is 114 cm³/mol. The molecule has 2 heterocycles. The molecule has 162 valence electrons. The molecule has 2 aliphatic heterocycles. The van der Waals surface area contributed by atoms with Crippen molar-refractivity contribution in [2.75, 3.05) is 37.6 Å². The summed E-state index contributed by atoms with van der Waals surface area (Å²) in [6, 6.07) is 13.0. The van der Waals surface area contributed by atoms with Gasteiger partial charge in [-0.1, -0.05) is 24.3 Å². The van der Waals surface area contributed by atoms with Crippen LogP contribution < -0.4 is 10.2 Å². The molecule has 2 aromatic carbocycles. The van der Waals surface area contributed by atoms with Crippen molar-refractivity contribution in [3.63, 3.8) is 0 Å². The molecule has 0 aromatic heterocycles. The first kappa shape index (κ1) is 21.0. The average molecular weight is 424 g/mol. The number of nitrogens with zero attached hydrogens (tertiary/aromatic N) is 3. The van der Waals surface area contributed by atoms with Crippen molar-refractivity contribution in [2.24, 2.45) is 0 Å². The molecule has 2 aliphatic rings. The summed E-state index contributed by atoms with van der Waals surface area (Å²) in [6.45, 7) is 3.71. The van der Waals surface area contributed by atoms with E-state index in [1.54, 1.807) is 36.4 Å². The molecule has 0 unspecified atom stereocenters. The first-order valence-corrected chi connectivity index (χ1v) is 10.5. The molecule has 8 heteroatoms. The fourth-order valence-corrected chi connectivity index (χ4v) is 4.03. The van der Waals surface area contributed by atoms with Crippen LogP contribution in [0.3, 0.4) is 0 Å². The van der Waals surface area contributed by atoms with Crippen LogP contribution in [0.5, 0.6) is 0 Å². The SMILES string of the molecule is O=C1CCN(c2ccccc2C(=O)N2CCCN(Cc3ccc(F)cc3)CC2)C(=O)N1. The third kappa shape index (κ3) is 4.91. The zero-order valence-electron chi connectivity index (χ0n) is 17.2. The van der Waals surface area contributed by atoms with Gasteiger partial charge in [0, 0.05) is 45.7 Å². The standard InChI is InChI=1S/C23H25FN4O3/c24-18-8-6-17(7-9-18)16-26-11-3-12-27(15-14-26)22(30)19-4-1-2-5-20(19)28-13-10-21(29)25-23(28)31/h1-2,4-9H,3,10-16H2,(H,25,29,31). The maximum atomic E-state index is 13.3. The van der Waals surface area contributed by atoms with Crippen molar-refractivity contribution in [3.05, 3.63) is 65.5 Å². The summed E-state index contributed by atoms with van der Waals surface area (Å²) in [5.74, 6) is -0.676. The Morgan fingerprint density at radius 3 is 2.48 bits per heavy atom. The van der Waals surface area contributed by atoms with Gasteiger partial charge in [0.25, 0.3) is 5.91 Å². The van der Waals surface area contributed by atoms with Crippen molar-refractivity contribution in [1.82, 2.24) is 15.1 Å². The zero-order valence-corrected chi connectivity index (χ0v) is 17.2. The van der Waals surface area contributed by atoms with Gasteiger partial charge in [0.2, 0.25) is 5.91 Å². The molecule has 7 nitrogen and oxygen atoms in total. The largest absolute Gasteiger partial charge is 0.337 e. The number of amides is 4. The molecule has 0 spiro atoms. The van der Waals surface area contributed by atoms with Crippen molar-refractivity contribution >= 4 is 23.5 Å². The second-order valence-corrected chi connectivity index (χ2v) is 7.82. The second-order valence-electron chi connectivity index (χ2n) is 7.82. The summed E-state index contributed by atoms with van der Waals surface area (Å²) in [5, 5.41) is 2.31. The topological polar surface area (TPSA) is 73.0 Å². The second kappa shape index (κ2) is 9.26. The van der Waals surface area contributed by atoms with E-state index in [4.69, 9.17) is 0 Å². The van der Waals surface area contributed by atoms with Gasteiger partial charge in [-0.25, -0.2) is 9.18 Å². The van der Waals surface area contributed by atoms with E-state index in [-0.39, 0.29) is 30.6 Å².